The van der Waals surface area contributed by atoms with Crippen LogP contribution in [0.5, 0.6) is 0 Å². The Morgan fingerprint density at radius 2 is 2.15 bits per heavy atom. The second-order valence-corrected chi connectivity index (χ2v) is 6.64. The van der Waals surface area contributed by atoms with Gasteiger partial charge in [-0.2, -0.15) is 0 Å². The van der Waals surface area contributed by atoms with E-state index in [0.29, 0.717) is 5.13 Å². The molecule has 0 unspecified atom stereocenters. The molecule has 0 saturated carbocycles. The summed E-state index contributed by atoms with van der Waals surface area (Å²) < 4.78 is 2.19. The molecule has 1 fully saturated rings. The number of rotatable bonds is 1. The Bertz CT molecular complexity index is 788. The summed E-state index contributed by atoms with van der Waals surface area (Å²) in [6, 6.07) is 3.97. The van der Waals surface area contributed by atoms with Crippen LogP contribution in [0.3, 0.4) is 0 Å². The Morgan fingerprint density at radius 3 is 3.00 bits per heavy atom. The predicted molar refractivity (Wildman–Crippen MR) is 82.6 cm³/mol. The standard InChI is InChI=1S/C13H12N4OS2/c18-13(17-5-1-2-6-17)16-12-15-8-3-4-9-10(11(8)20-12)14-7-19-9/h3-4,7H,1-2,5-6H2,(H,15,16,18). The zero-order valence-electron chi connectivity index (χ0n) is 10.6. The minimum absolute atomic E-state index is 0.0453. The van der Waals surface area contributed by atoms with Gasteiger partial charge in [-0.3, -0.25) is 5.32 Å². The molecule has 102 valence electrons. The minimum Gasteiger partial charge on any atom is -0.324 e. The smallest absolute Gasteiger partial charge is 0.323 e. The lowest BCUT2D eigenvalue weighted by Crippen LogP contribution is -2.32. The first-order valence-corrected chi connectivity index (χ1v) is 8.19. The highest BCUT2D eigenvalue weighted by Gasteiger charge is 2.19. The van der Waals surface area contributed by atoms with Gasteiger partial charge in [0.15, 0.2) is 5.13 Å². The first-order valence-electron chi connectivity index (χ1n) is 6.50. The molecule has 5 nitrogen and oxygen atoms in total. The van der Waals surface area contributed by atoms with Gasteiger partial charge in [0.25, 0.3) is 0 Å². The lowest BCUT2D eigenvalue weighted by Gasteiger charge is -2.14. The molecule has 1 aromatic carbocycles. The number of nitrogens with zero attached hydrogens (tertiary/aromatic N) is 3. The number of anilines is 1. The van der Waals surface area contributed by atoms with Crippen molar-refractivity contribution >= 4 is 54.3 Å². The zero-order chi connectivity index (χ0) is 13.5. The van der Waals surface area contributed by atoms with E-state index in [-0.39, 0.29) is 6.03 Å². The molecular weight excluding hydrogens is 292 g/mol. The van der Waals surface area contributed by atoms with Crippen molar-refractivity contribution < 1.29 is 4.79 Å². The first kappa shape index (κ1) is 12.0. The third kappa shape index (κ3) is 1.94. The van der Waals surface area contributed by atoms with Gasteiger partial charge in [-0.25, -0.2) is 14.8 Å². The van der Waals surface area contributed by atoms with E-state index >= 15 is 0 Å². The summed E-state index contributed by atoms with van der Waals surface area (Å²) >= 11 is 3.11. The maximum Gasteiger partial charge on any atom is 0.323 e. The maximum absolute atomic E-state index is 12.1. The number of urea groups is 1. The fraction of sp³-hybridized carbons (Fsp3) is 0.308. The monoisotopic (exact) mass is 304 g/mol. The Morgan fingerprint density at radius 1 is 1.30 bits per heavy atom. The summed E-state index contributed by atoms with van der Waals surface area (Å²) in [7, 11) is 0. The molecule has 1 N–H and O–H groups in total. The molecule has 0 spiro atoms. The second-order valence-electron chi connectivity index (χ2n) is 4.76. The molecule has 2 aromatic heterocycles. The Labute approximate surface area is 123 Å². The van der Waals surface area contributed by atoms with Crippen LogP contribution >= 0.6 is 22.7 Å². The van der Waals surface area contributed by atoms with E-state index in [2.05, 4.69) is 15.3 Å². The van der Waals surface area contributed by atoms with Crippen LogP contribution in [0, 0.1) is 0 Å². The molecule has 0 atom stereocenters. The summed E-state index contributed by atoms with van der Waals surface area (Å²) in [5.74, 6) is 0. The summed E-state index contributed by atoms with van der Waals surface area (Å²) in [5, 5.41) is 3.55. The van der Waals surface area contributed by atoms with E-state index in [1.54, 1.807) is 11.3 Å². The molecule has 2 amide bonds. The number of amides is 2. The molecule has 1 saturated heterocycles. The Balaban J connectivity index is 1.68. The molecule has 7 heteroatoms. The van der Waals surface area contributed by atoms with Crippen LogP contribution in [0.25, 0.3) is 20.4 Å². The van der Waals surface area contributed by atoms with E-state index in [1.807, 2.05) is 22.5 Å². The van der Waals surface area contributed by atoms with E-state index < -0.39 is 0 Å². The van der Waals surface area contributed by atoms with Gasteiger partial charge in [-0.1, -0.05) is 11.3 Å². The number of likely N-dealkylation sites (tertiary alicyclic amines) is 1. The average Bonchev–Trinajstić information content (AvgIpc) is 3.17. The molecular formula is C13H12N4OS2. The van der Waals surface area contributed by atoms with Crippen LogP contribution in [-0.4, -0.2) is 34.0 Å². The van der Waals surface area contributed by atoms with E-state index in [1.165, 1.54) is 11.3 Å². The fourth-order valence-corrected chi connectivity index (χ4v) is 4.16. The van der Waals surface area contributed by atoms with Gasteiger partial charge >= 0.3 is 6.03 Å². The number of aromatic nitrogens is 2. The van der Waals surface area contributed by atoms with Gasteiger partial charge < -0.3 is 4.90 Å². The van der Waals surface area contributed by atoms with Gasteiger partial charge in [-0.05, 0) is 25.0 Å². The maximum atomic E-state index is 12.1. The van der Waals surface area contributed by atoms with Crippen LogP contribution in [0.4, 0.5) is 9.93 Å². The minimum atomic E-state index is -0.0453. The van der Waals surface area contributed by atoms with Gasteiger partial charge in [-0.15, -0.1) is 11.3 Å². The highest BCUT2D eigenvalue weighted by Crippen LogP contribution is 2.33. The number of carbonyl (C=O) groups is 1. The van der Waals surface area contributed by atoms with E-state index in [9.17, 15) is 4.79 Å². The SMILES string of the molecule is O=C(Nc1nc2ccc3scnc3c2s1)N1CCCC1. The van der Waals surface area contributed by atoms with Crippen LogP contribution < -0.4 is 5.32 Å². The highest BCUT2D eigenvalue weighted by atomic mass is 32.1. The molecule has 1 aliphatic heterocycles. The van der Waals surface area contributed by atoms with E-state index in [4.69, 9.17) is 0 Å². The molecule has 20 heavy (non-hydrogen) atoms. The largest absolute Gasteiger partial charge is 0.324 e. The first-order chi connectivity index (χ1) is 9.81. The van der Waals surface area contributed by atoms with Crippen molar-refractivity contribution in [2.24, 2.45) is 0 Å². The number of carbonyl (C=O) groups excluding carboxylic acids is 1. The van der Waals surface area contributed by atoms with Crippen molar-refractivity contribution in [2.75, 3.05) is 18.4 Å². The third-order valence-corrected chi connectivity index (χ3v) is 5.25. The normalized spacial score (nSPS) is 15.3. The van der Waals surface area contributed by atoms with Crippen LogP contribution in [0.15, 0.2) is 17.6 Å². The molecule has 0 bridgehead atoms. The van der Waals surface area contributed by atoms with Crippen molar-refractivity contribution in [1.29, 1.82) is 0 Å². The quantitative estimate of drug-likeness (QED) is 0.748. The van der Waals surface area contributed by atoms with Crippen molar-refractivity contribution in [3.63, 3.8) is 0 Å². The second kappa shape index (κ2) is 4.68. The predicted octanol–water partition coefficient (Wildman–Crippen LogP) is 3.53. The molecule has 1 aliphatic rings. The number of hydrogen-bond donors (Lipinski definition) is 1. The van der Waals surface area contributed by atoms with Crippen LogP contribution in [-0.2, 0) is 0 Å². The van der Waals surface area contributed by atoms with Gasteiger partial charge in [0.2, 0.25) is 0 Å². The summed E-state index contributed by atoms with van der Waals surface area (Å²) in [6.45, 7) is 1.68. The van der Waals surface area contributed by atoms with E-state index in [0.717, 1.165) is 46.4 Å². The third-order valence-electron chi connectivity index (χ3n) is 3.46. The number of hydrogen-bond acceptors (Lipinski definition) is 5. The van der Waals surface area contributed by atoms with Crippen LogP contribution in [0.1, 0.15) is 12.8 Å². The van der Waals surface area contributed by atoms with Gasteiger partial charge in [0, 0.05) is 13.1 Å². The Hall–Kier alpha value is -1.73. The molecule has 3 aromatic rings. The highest BCUT2D eigenvalue weighted by molar-refractivity contribution is 7.24. The number of benzene rings is 1. The summed E-state index contributed by atoms with van der Waals surface area (Å²) in [5.41, 5.74) is 3.71. The lowest BCUT2D eigenvalue weighted by atomic mass is 10.3. The Kier molecular flexibility index (Phi) is 2.82. The molecule has 4 rings (SSSR count). The topological polar surface area (TPSA) is 58.1 Å². The summed E-state index contributed by atoms with van der Waals surface area (Å²) in [4.78, 5) is 22.8. The lowest BCUT2D eigenvalue weighted by molar-refractivity contribution is 0.222. The van der Waals surface area contributed by atoms with Crippen molar-refractivity contribution in [3.05, 3.63) is 17.6 Å². The number of fused-ring (bicyclic) bond motifs is 3. The van der Waals surface area contributed by atoms with Crippen LogP contribution in [0.2, 0.25) is 0 Å². The van der Waals surface area contributed by atoms with Crippen molar-refractivity contribution in [2.45, 2.75) is 12.8 Å². The fourth-order valence-electron chi connectivity index (χ4n) is 2.46. The number of thiazole rings is 2. The average molecular weight is 304 g/mol. The molecule has 0 radical (unpaired) electrons. The van der Waals surface area contributed by atoms with Gasteiger partial charge in [0.05, 0.1) is 20.4 Å². The molecule has 0 aliphatic carbocycles. The number of nitrogens with one attached hydrogen (secondary N) is 1. The zero-order valence-corrected chi connectivity index (χ0v) is 12.3. The molecule has 3 heterocycles. The van der Waals surface area contributed by atoms with Crippen molar-refractivity contribution in [1.82, 2.24) is 14.9 Å². The summed E-state index contributed by atoms with van der Waals surface area (Å²) in [6.07, 6.45) is 2.18. The van der Waals surface area contributed by atoms with Gasteiger partial charge in [0.1, 0.15) is 5.52 Å². The van der Waals surface area contributed by atoms with Crippen molar-refractivity contribution in [3.8, 4) is 0 Å².